The molecule has 2 aliphatic heterocycles. The highest BCUT2D eigenvalue weighted by Crippen LogP contribution is 2.45. The Morgan fingerprint density at radius 2 is 1.94 bits per heavy atom. The lowest BCUT2D eigenvalue weighted by Gasteiger charge is -2.45. The maximum atomic E-state index is 11.5. The second-order valence-corrected chi connectivity index (χ2v) is 8.92. The molecule has 1 atom stereocenters. The number of carbonyl (C=O) groups excluding carboxylic acids is 1. The number of aldehydes is 1. The molecular weight excluding hydrogens is 386 g/mol. The molecule has 2 aromatic carbocycles. The van der Waals surface area contributed by atoms with Crippen molar-refractivity contribution in [2.45, 2.75) is 38.5 Å². The molecule has 1 aliphatic carbocycles. The summed E-state index contributed by atoms with van der Waals surface area (Å²) in [5.41, 5.74) is 7.18. The van der Waals surface area contributed by atoms with Crippen LogP contribution in [0.25, 0.3) is 5.57 Å². The molecule has 0 unspecified atom stereocenters. The van der Waals surface area contributed by atoms with Gasteiger partial charge in [0.15, 0.2) is 0 Å². The minimum atomic E-state index is 0.0557. The third-order valence-electron chi connectivity index (χ3n) is 6.96. The summed E-state index contributed by atoms with van der Waals surface area (Å²) in [5.74, 6) is 0.662. The maximum absolute atomic E-state index is 11.5. The number of nitrogens with zero attached hydrogens (tertiary/aromatic N) is 2. The van der Waals surface area contributed by atoms with E-state index in [2.05, 4.69) is 45.5 Å². The van der Waals surface area contributed by atoms with E-state index in [1.165, 1.54) is 35.2 Å². The second-order valence-electron chi connectivity index (χ2n) is 8.92. The first kappa shape index (κ1) is 20.3. The van der Waals surface area contributed by atoms with Crippen LogP contribution in [0, 0.1) is 5.92 Å². The molecule has 3 aliphatic rings. The van der Waals surface area contributed by atoms with Crippen LogP contribution in [-0.4, -0.2) is 43.6 Å². The van der Waals surface area contributed by atoms with Crippen molar-refractivity contribution in [1.29, 1.82) is 0 Å². The van der Waals surface area contributed by atoms with E-state index in [0.29, 0.717) is 18.5 Å². The number of benzene rings is 2. The number of hydrogen-bond acceptors (Lipinski definition) is 5. The van der Waals surface area contributed by atoms with Gasteiger partial charge < -0.3 is 25.0 Å². The van der Waals surface area contributed by atoms with Gasteiger partial charge in [0.2, 0.25) is 0 Å². The molecule has 1 fully saturated rings. The van der Waals surface area contributed by atoms with Crippen LogP contribution in [0.4, 0.5) is 11.4 Å². The highest BCUT2D eigenvalue weighted by Gasteiger charge is 2.40. The summed E-state index contributed by atoms with van der Waals surface area (Å²) in [6.45, 7) is 4.11. The number of aliphatic hydroxyl groups is 1. The van der Waals surface area contributed by atoms with Crippen LogP contribution in [0.5, 0.6) is 0 Å². The van der Waals surface area contributed by atoms with E-state index in [1.54, 1.807) is 0 Å². The fourth-order valence-electron chi connectivity index (χ4n) is 5.13. The summed E-state index contributed by atoms with van der Waals surface area (Å²) in [6.07, 6.45) is 6.85. The summed E-state index contributed by atoms with van der Waals surface area (Å²) in [7, 11) is 0. The molecule has 0 radical (unpaired) electrons. The molecule has 0 spiro atoms. The van der Waals surface area contributed by atoms with Crippen molar-refractivity contribution in [1.82, 2.24) is 5.32 Å². The molecule has 0 amide bonds. The Bertz CT molecular complexity index is 982. The average molecular weight is 418 g/mol. The first-order valence-electron chi connectivity index (χ1n) is 11.5. The molecule has 0 bridgehead atoms. The third-order valence-corrected chi connectivity index (χ3v) is 6.96. The van der Waals surface area contributed by atoms with Crippen LogP contribution in [0.2, 0.25) is 0 Å². The zero-order chi connectivity index (χ0) is 21.2. The predicted molar refractivity (Wildman–Crippen MR) is 125 cm³/mol. The maximum Gasteiger partial charge on any atom is 0.139 e. The number of fused-ring (bicyclic) bond motifs is 1. The van der Waals surface area contributed by atoms with Crippen molar-refractivity contribution < 1.29 is 9.90 Å². The molecule has 2 heterocycles. The van der Waals surface area contributed by atoms with Crippen molar-refractivity contribution >= 4 is 23.2 Å². The Hall–Kier alpha value is -2.63. The number of hydrogen-bond donors (Lipinski definition) is 2. The van der Waals surface area contributed by atoms with E-state index in [0.717, 1.165) is 50.1 Å². The van der Waals surface area contributed by atoms with E-state index in [1.807, 2.05) is 18.2 Å². The summed E-state index contributed by atoms with van der Waals surface area (Å²) in [5, 5.41) is 13.2. The van der Waals surface area contributed by atoms with Gasteiger partial charge in [-0.05, 0) is 66.1 Å². The van der Waals surface area contributed by atoms with Crippen LogP contribution in [0.1, 0.15) is 36.0 Å². The Kier molecular flexibility index (Phi) is 5.79. The largest absolute Gasteiger partial charge is 0.392 e. The first-order chi connectivity index (χ1) is 15.3. The van der Waals surface area contributed by atoms with Crippen molar-refractivity contribution in [3.05, 3.63) is 65.2 Å². The van der Waals surface area contributed by atoms with Gasteiger partial charge in [-0.25, -0.2) is 0 Å². The fraction of sp³-hybridized carbons (Fsp3) is 0.423. The lowest BCUT2D eigenvalue weighted by Crippen LogP contribution is -2.50. The molecule has 2 N–H and O–H groups in total. The molecule has 162 valence electrons. The zero-order valence-corrected chi connectivity index (χ0v) is 18.0. The molecule has 1 saturated carbocycles. The predicted octanol–water partition coefficient (Wildman–Crippen LogP) is 3.36. The number of rotatable bonds is 7. The molecule has 5 rings (SSSR count). The van der Waals surface area contributed by atoms with Crippen LogP contribution >= 0.6 is 0 Å². The molecular formula is C26H31N3O2. The van der Waals surface area contributed by atoms with Gasteiger partial charge in [0.25, 0.3) is 0 Å². The molecule has 5 nitrogen and oxygen atoms in total. The van der Waals surface area contributed by atoms with Gasteiger partial charge in [-0.1, -0.05) is 36.4 Å². The van der Waals surface area contributed by atoms with Crippen LogP contribution in [-0.2, 0) is 17.9 Å². The second kappa shape index (κ2) is 8.85. The first-order valence-corrected chi connectivity index (χ1v) is 11.5. The number of aliphatic hydroxyl groups excluding tert-OH is 1. The normalized spacial score (nSPS) is 20.9. The van der Waals surface area contributed by atoms with Crippen molar-refractivity contribution in [3.63, 3.8) is 0 Å². The molecule has 0 saturated heterocycles. The van der Waals surface area contributed by atoms with Gasteiger partial charge in [0.1, 0.15) is 6.29 Å². The lowest BCUT2D eigenvalue weighted by molar-refractivity contribution is -0.106. The van der Waals surface area contributed by atoms with Gasteiger partial charge in [-0.15, -0.1) is 0 Å². The third kappa shape index (κ3) is 4.12. The van der Waals surface area contributed by atoms with Gasteiger partial charge in [0.05, 0.1) is 24.5 Å². The summed E-state index contributed by atoms with van der Waals surface area (Å²) < 4.78 is 0. The highest BCUT2D eigenvalue weighted by atomic mass is 16.3. The van der Waals surface area contributed by atoms with Gasteiger partial charge in [0, 0.05) is 25.7 Å². The van der Waals surface area contributed by atoms with Gasteiger partial charge in [-0.2, -0.15) is 0 Å². The lowest BCUT2D eigenvalue weighted by atomic mass is 9.95. The molecule has 0 aromatic heterocycles. The zero-order valence-electron chi connectivity index (χ0n) is 18.0. The van der Waals surface area contributed by atoms with Gasteiger partial charge >= 0.3 is 0 Å². The summed E-state index contributed by atoms with van der Waals surface area (Å²) in [4.78, 5) is 16.3. The standard InChI is InChI=1S/C26H31N3O2/c30-14-13-29-24-8-7-21(19-9-11-27-12-10-19)15-25(24)28(17-26(29)20-5-6-20)16-22-3-1-2-4-23(22)18-31/h1-4,7-9,14-15,20,26-27,31H,5-6,10-13,16-18H2/t26-/m1/s1. The van der Waals surface area contributed by atoms with Crippen LogP contribution < -0.4 is 15.1 Å². The van der Waals surface area contributed by atoms with E-state index >= 15 is 0 Å². The topological polar surface area (TPSA) is 55.8 Å². The summed E-state index contributed by atoms with van der Waals surface area (Å²) in [6, 6.07) is 15.3. The number of anilines is 2. The minimum Gasteiger partial charge on any atom is -0.392 e. The SMILES string of the molecule is O=CCN1c2ccc(C3=CCNCC3)cc2N(Cc2ccccc2CO)C[C@@H]1C1CC1. The average Bonchev–Trinajstić information content (AvgIpc) is 3.66. The molecule has 31 heavy (non-hydrogen) atoms. The Morgan fingerprint density at radius 3 is 2.65 bits per heavy atom. The monoisotopic (exact) mass is 417 g/mol. The minimum absolute atomic E-state index is 0.0557. The van der Waals surface area contributed by atoms with Crippen molar-refractivity contribution in [2.24, 2.45) is 5.92 Å². The van der Waals surface area contributed by atoms with E-state index in [9.17, 15) is 9.90 Å². The fourth-order valence-corrected chi connectivity index (χ4v) is 5.13. The van der Waals surface area contributed by atoms with E-state index < -0.39 is 0 Å². The van der Waals surface area contributed by atoms with Crippen LogP contribution in [0.15, 0.2) is 48.5 Å². The number of nitrogens with one attached hydrogen (secondary N) is 1. The van der Waals surface area contributed by atoms with E-state index in [4.69, 9.17) is 0 Å². The summed E-state index contributed by atoms with van der Waals surface area (Å²) >= 11 is 0. The van der Waals surface area contributed by atoms with Gasteiger partial charge in [-0.3, -0.25) is 0 Å². The van der Waals surface area contributed by atoms with Crippen LogP contribution in [0.3, 0.4) is 0 Å². The molecule has 2 aromatic rings. The smallest absolute Gasteiger partial charge is 0.139 e. The molecule has 5 heteroatoms. The Labute approximate surface area is 184 Å². The number of carbonyl (C=O) groups is 1. The quantitative estimate of drug-likeness (QED) is 0.677. The van der Waals surface area contributed by atoms with Crippen molar-refractivity contribution in [3.8, 4) is 0 Å². The van der Waals surface area contributed by atoms with Crippen molar-refractivity contribution in [2.75, 3.05) is 36.0 Å². The van der Waals surface area contributed by atoms with E-state index in [-0.39, 0.29) is 6.61 Å². The Morgan fingerprint density at radius 1 is 1.10 bits per heavy atom. The Balaban J connectivity index is 1.56. The highest BCUT2D eigenvalue weighted by molar-refractivity contribution is 5.82.